The van der Waals surface area contributed by atoms with Crippen molar-refractivity contribution in [1.82, 2.24) is 24.4 Å². The molecule has 0 aromatic carbocycles. The molecule has 0 aliphatic carbocycles. The quantitative estimate of drug-likeness (QED) is 0.513. The zero-order chi connectivity index (χ0) is 25.4. The molecule has 0 spiro atoms. The minimum atomic E-state index is -4.60. The molecule has 5 atom stereocenters. The third-order valence-corrected chi connectivity index (χ3v) is 6.95. The second-order valence-corrected chi connectivity index (χ2v) is 12.3. The molecule has 4 rings (SSSR count). The fourth-order valence-electron chi connectivity index (χ4n) is 4.79. The summed E-state index contributed by atoms with van der Waals surface area (Å²) in [7, 11) is -3.03. The summed E-state index contributed by atoms with van der Waals surface area (Å²) in [5.41, 5.74) is 2.44. The van der Waals surface area contributed by atoms with Crippen LogP contribution in [0.3, 0.4) is 0 Å². The number of imidazole rings is 1. The number of aromatic nitrogens is 4. The van der Waals surface area contributed by atoms with Crippen molar-refractivity contribution in [3.63, 3.8) is 0 Å². The number of morpholine rings is 1. The molecule has 188 valence electrons. The molecule has 0 radical (unpaired) electrons. The van der Waals surface area contributed by atoms with Gasteiger partial charge in [-0.15, -0.1) is 0 Å². The Kier molecular flexibility index (Phi) is 5.54. The van der Waals surface area contributed by atoms with Crippen LogP contribution in [0, 0.1) is 5.41 Å². The summed E-state index contributed by atoms with van der Waals surface area (Å²) in [5.74, 6) is -0.485. The first kappa shape index (κ1) is 24.8. The van der Waals surface area contributed by atoms with Crippen molar-refractivity contribution in [3.05, 3.63) is 16.7 Å². The van der Waals surface area contributed by atoms with E-state index < -0.39 is 48.4 Å². The van der Waals surface area contributed by atoms with E-state index in [4.69, 9.17) is 19.5 Å². The van der Waals surface area contributed by atoms with Gasteiger partial charge in [-0.05, 0) is 32.6 Å². The van der Waals surface area contributed by atoms with Crippen molar-refractivity contribution in [2.45, 2.75) is 77.5 Å². The van der Waals surface area contributed by atoms with Gasteiger partial charge in [0.1, 0.15) is 12.1 Å². The average Bonchev–Trinajstić information content (AvgIpc) is 3.21. The van der Waals surface area contributed by atoms with Gasteiger partial charge < -0.3 is 20.3 Å². The highest BCUT2D eigenvalue weighted by Gasteiger charge is 2.71. The van der Waals surface area contributed by atoms with Gasteiger partial charge in [-0.1, -0.05) is 20.8 Å². The molecule has 4 N–H and O–H groups in total. The van der Waals surface area contributed by atoms with Crippen molar-refractivity contribution < 1.29 is 28.0 Å². The number of ether oxygens (including phenoxy) is 1. The van der Waals surface area contributed by atoms with E-state index >= 15 is 0 Å². The number of nitrogen functional groups attached to an aromatic ring is 1. The number of phosphoric acid groups is 1. The Hall–Kier alpha value is -2.31. The maximum atomic E-state index is 13.4. The lowest BCUT2D eigenvalue weighted by Gasteiger charge is -2.38. The molecule has 14 heteroatoms. The maximum Gasteiger partial charge on any atom is 0.473 e. The van der Waals surface area contributed by atoms with Crippen LogP contribution in [-0.2, 0) is 23.1 Å². The molecule has 2 saturated heterocycles. The van der Waals surface area contributed by atoms with Crippen molar-refractivity contribution >= 4 is 30.8 Å². The fourth-order valence-corrected chi connectivity index (χ4v) is 6.11. The average molecular weight is 498 g/mol. The smallest absolute Gasteiger partial charge is 0.369 e. The number of likely N-dealkylation sites (N-methyl/N-ethyl adjacent to an activating group) is 1. The Balaban J connectivity index is 1.84. The number of aromatic amines is 1. The molecule has 2 fully saturated rings. The number of nitrogens with zero attached hydrogens (tertiary/aromatic N) is 4. The summed E-state index contributed by atoms with van der Waals surface area (Å²) in [5, 5.41) is 0. The fraction of sp³-hybridized carbons (Fsp3) is 0.700. The molecule has 2 aliphatic heterocycles. The van der Waals surface area contributed by atoms with Gasteiger partial charge in [0.2, 0.25) is 5.95 Å². The molecule has 34 heavy (non-hydrogen) atoms. The highest BCUT2D eigenvalue weighted by molar-refractivity contribution is 7.47. The molecule has 13 nitrogen and oxygen atoms in total. The number of likely N-dealkylation sites (tertiary alicyclic amines) is 1. The summed E-state index contributed by atoms with van der Waals surface area (Å²) in [4.78, 5) is 48.4. The molecule has 2 aromatic heterocycles. The van der Waals surface area contributed by atoms with Crippen LogP contribution in [0.2, 0.25) is 0 Å². The molecule has 0 saturated carbocycles. The third kappa shape index (κ3) is 4.16. The SMILES string of the molecule is CN1C(=O)[C@]2(CC(C)(C)C)O[C@@H](n3cnc4c(=O)[nH]c(N)nc43)[C@H]1[C@@H]2OP(=O)(O)OC(C)(C)C. The van der Waals surface area contributed by atoms with Crippen LogP contribution in [0.1, 0.15) is 54.2 Å². The highest BCUT2D eigenvalue weighted by Crippen LogP contribution is 2.59. The Morgan fingerprint density at radius 1 is 1.29 bits per heavy atom. The van der Waals surface area contributed by atoms with Gasteiger partial charge in [-0.2, -0.15) is 4.98 Å². The van der Waals surface area contributed by atoms with Crippen LogP contribution < -0.4 is 11.3 Å². The highest BCUT2D eigenvalue weighted by atomic mass is 31.2. The number of hydrogen-bond donors (Lipinski definition) is 3. The van der Waals surface area contributed by atoms with E-state index in [1.807, 2.05) is 20.8 Å². The molecule has 2 aliphatic rings. The minimum absolute atomic E-state index is 0.0424. The summed E-state index contributed by atoms with van der Waals surface area (Å²) in [6.45, 7) is 10.6. The van der Waals surface area contributed by atoms with E-state index in [2.05, 4.69) is 15.0 Å². The van der Waals surface area contributed by atoms with Gasteiger partial charge in [0, 0.05) is 7.05 Å². The van der Waals surface area contributed by atoms with Crippen LogP contribution in [0.5, 0.6) is 0 Å². The van der Waals surface area contributed by atoms with Crippen LogP contribution in [0.4, 0.5) is 5.95 Å². The zero-order valence-electron chi connectivity index (χ0n) is 20.2. The normalized spacial score (nSPS) is 29.2. The van der Waals surface area contributed by atoms with Gasteiger partial charge in [0.25, 0.3) is 11.5 Å². The number of anilines is 1. The number of H-pyrrole nitrogens is 1. The van der Waals surface area contributed by atoms with E-state index in [1.54, 1.807) is 27.8 Å². The number of carbonyl (C=O) groups excluding carboxylic acids is 1. The number of hydrogen-bond acceptors (Lipinski definition) is 9. The number of phosphoric ester groups is 1. The second kappa shape index (κ2) is 7.59. The van der Waals surface area contributed by atoms with Crippen molar-refractivity contribution in [2.75, 3.05) is 12.8 Å². The number of rotatable bonds is 5. The summed E-state index contributed by atoms with van der Waals surface area (Å²) in [6, 6.07) is -0.835. The molecule has 1 amide bonds. The van der Waals surface area contributed by atoms with Gasteiger partial charge in [0.15, 0.2) is 23.0 Å². The lowest BCUT2D eigenvalue weighted by atomic mass is 9.80. The van der Waals surface area contributed by atoms with Crippen LogP contribution in [0.15, 0.2) is 11.1 Å². The lowest BCUT2D eigenvalue weighted by molar-refractivity contribution is -0.179. The van der Waals surface area contributed by atoms with E-state index in [-0.39, 0.29) is 29.4 Å². The van der Waals surface area contributed by atoms with Gasteiger partial charge in [0.05, 0.1) is 11.9 Å². The van der Waals surface area contributed by atoms with Crippen molar-refractivity contribution in [3.8, 4) is 0 Å². The van der Waals surface area contributed by atoms with E-state index in [9.17, 15) is 19.0 Å². The number of amides is 1. The van der Waals surface area contributed by atoms with Gasteiger partial charge >= 0.3 is 7.82 Å². The largest absolute Gasteiger partial charge is 0.473 e. The van der Waals surface area contributed by atoms with E-state index in [0.717, 1.165) is 0 Å². The van der Waals surface area contributed by atoms with Crippen LogP contribution >= 0.6 is 7.82 Å². The summed E-state index contributed by atoms with van der Waals surface area (Å²) < 4.78 is 31.8. The number of carbonyl (C=O) groups is 1. The summed E-state index contributed by atoms with van der Waals surface area (Å²) >= 11 is 0. The zero-order valence-corrected chi connectivity index (χ0v) is 21.1. The van der Waals surface area contributed by atoms with Gasteiger partial charge in [-0.3, -0.25) is 28.2 Å². The van der Waals surface area contributed by atoms with Crippen LogP contribution in [0.25, 0.3) is 11.2 Å². The van der Waals surface area contributed by atoms with Crippen molar-refractivity contribution in [2.24, 2.45) is 5.41 Å². The minimum Gasteiger partial charge on any atom is -0.369 e. The number of nitrogens with two attached hydrogens (primary N) is 1. The van der Waals surface area contributed by atoms with E-state index in [0.29, 0.717) is 0 Å². The number of fused-ring (bicyclic) bond motifs is 3. The van der Waals surface area contributed by atoms with Crippen LogP contribution in [-0.4, -0.2) is 65.6 Å². The predicted octanol–water partition coefficient (Wildman–Crippen LogP) is 1.55. The number of nitrogens with one attached hydrogen (secondary N) is 1. The molecule has 1 unspecified atom stereocenters. The van der Waals surface area contributed by atoms with E-state index in [1.165, 1.54) is 15.8 Å². The van der Waals surface area contributed by atoms with Crippen molar-refractivity contribution in [1.29, 1.82) is 0 Å². The maximum absolute atomic E-state index is 13.4. The monoisotopic (exact) mass is 498 g/mol. The Morgan fingerprint density at radius 2 is 1.94 bits per heavy atom. The Bertz CT molecular complexity index is 1240. The Morgan fingerprint density at radius 3 is 2.53 bits per heavy atom. The Labute approximate surface area is 196 Å². The lowest BCUT2D eigenvalue weighted by Crippen LogP contribution is -2.51. The standard InChI is InChI=1S/C20H31N6O7P/c1-18(2,3)8-20-12(32-34(29,30)33-19(4,5)6)11(25(7)16(20)28)15(31-20)26-9-22-10-13(26)23-17(21)24-14(10)27/h9,11-12,15H,8H2,1-7H3,(H,29,30)(H3,21,23,24,27)/t11-,12+,15-,20-/m1/s1. The topological polar surface area (TPSA) is 175 Å². The molecular weight excluding hydrogens is 467 g/mol. The third-order valence-electron chi connectivity index (χ3n) is 5.68. The molecule has 2 aromatic rings. The first-order valence-electron chi connectivity index (χ1n) is 10.8. The summed E-state index contributed by atoms with van der Waals surface area (Å²) in [6.07, 6.45) is -0.506. The second-order valence-electron chi connectivity index (χ2n) is 11.0. The first-order valence-corrected chi connectivity index (χ1v) is 12.3. The first-order chi connectivity index (χ1) is 15.4. The van der Waals surface area contributed by atoms with Gasteiger partial charge in [-0.25, -0.2) is 9.55 Å². The molecule has 4 heterocycles. The molecular formula is C20H31N6O7P. The molecule has 2 bridgehead atoms. The predicted molar refractivity (Wildman–Crippen MR) is 122 cm³/mol.